The summed E-state index contributed by atoms with van der Waals surface area (Å²) >= 11 is 0. The second kappa shape index (κ2) is 8.91. The van der Waals surface area contributed by atoms with Crippen LogP contribution in [0.15, 0.2) is 0 Å². The van der Waals surface area contributed by atoms with Crippen molar-refractivity contribution < 1.29 is 14.7 Å². The summed E-state index contributed by atoms with van der Waals surface area (Å²) in [6.07, 6.45) is 7.32. The molecule has 2 unspecified atom stereocenters. The van der Waals surface area contributed by atoms with Crippen LogP contribution in [0.4, 0.5) is 0 Å². The average Bonchev–Trinajstić information content (AvgIpc) is 2.42. The molecule has 0 aromatic heterocycles. The van der Waals surface area contributed by atoms with Gasteiger partial charge in [0, 0.05) is 6.54 Å². The molecule has 1 rings (SSSR count). The van der Waals surface area contributed by atoms with Gasteiger partial charge in [-0.1, -0.05) is 25.7 Å². The molecule has 1 amide bonds. The average molecular weight is 270 g/mol. The summed E-state index contributed by atoms with van der Waals surface area (Å²) in [7, 11) is 0. The van der Waals surface area contributed by atoms with Gasteiger partial charge >= 0.3 is 5.97 Å². The fourth-order valence-corrected chi connectivity index (χ4v) is 2.71. The molecule has 0 spiro atoms. The van der Waals surface area contributed by atoms with Gasteiger partial charge in [-0.05, 0) is 32.2 Å². The van der Waals surface area contributed by atoms with Crippen LogP contribution in [0.2, 0.25) is 0 Å². The number of aliphatic carboxylic acids is 1. The van der Waals surface area contributed by atoms with Crippen molar-refractivity contribution in [3.8, 4) is 0 Å². The molecule has 1 aliphatic rings. The number of rotatable bonds is 8. The number of carbonyl (C=O) groups is 2. The van der Waals surface area contributed by atoms with Crippen molar-refractivity contribution in [3.05, 3.63) is 0 Å². The van der Waals surface area contributed by atoms with Crippen LogP contribution in [-0.2, 0) is 9.59 Å². The maximum atomic E-state index is 12.0. The molecule has 0 aliphatic heterocycles. The first-order chi connectivity index (χ1) is 9.16. The second-order valence-electron chi connectivity index (χ2n) is 5.33. The van der Waals surface area contributed by atoms with E-state index in [9.17, 15) is 9.59 Å². The summed E-state index contributed by atoms with van der Waals surface area (Å²) in [5.74, 6) is -1.74. The van der Waals surface area contributed by atoms with Crippen molar-refractivity contribution in [2.45, 2.75) is 51.4 Å². The molecular weight excluding hydrogens is 244 g/mol. The zero-order valence-electron chi connectivity index (χ0n) is 11.6. The van der Waals surface area contributed by atoms with Gasteiger partial charge < -0.3 is 16.2 Å². The predicted molar refractivity (Wildman–Crippen MR) is 73.6 cm³/mol. The van der Waals surface area contributed by atoms with E-state index in [4.69, 9.17) is 10.8 Å². The third-order valence-electron chi connectivity index (χ3n) is 3.85. The number of carboxylic acids is 1. The molecule has 19 heavy (non-hydrogen) atoms. The summed E-state index contributed by atoms with van der Waals surface area (Å²) in [5, 5.41) is 12.0. The summed E-state index contributed by atoms with van der Waals surface area (Å²) in [4.78, 5) is 23.1. The maximum Gasteiger partial charge on any atom is 0.307 e. The first kappa shape index (κ1) is 16.0. The normalized spacial score (nSPS) is 23.0. The Morgan fingerprint density at radius 3 is 2.32 bits per heavy atom. The standard InChI is InChI=1S/C14H26N2O3/c15-9-5-1-2-6-10-16-13(17)11-7-3-4-8-12(11)14(18)19/h11-12H,1-10,15H2,(H,16,17)(H,18,19). The van der Waals surface area contributed by atoms with Gasteiger partial charge in [0.2, 0.25) is 5.91 Å². The zero-order chi connectivity index (χ0) is 14.1. The molecule has 1 fully saturated rings. The minimum atomic E-state index is -0.831. The lowest BCUT2D eigenvalue weighted by Gasteiger charge is -2.27. The number of carboxylic acid groups (broad SMARTS) is 1. The molecule has 0 radical (unpaired) electrons. The summed E-state index contributed by atoms with van der Waals surface area (Å²) in [6, 6.07) is 0. The van der Waals surface area contributed by atoms with E-state index in [-0.39, 0.29) is 11.8 Å². The number of hydrogen-bond donors (Lipinski definition) is 3. The Kier molecular flexibility index (Phi) is 7.48. The van der Waals surface area contributed by atoms with Crippen molar-refractivity contribution in [2.75, 3.05) is 13.1 Å². The van der Waals surface area contributed by atoms with Crippen molar-refractivity contribution >= 4 is 11.9 Å². The fraction of sp³-hybridized carbons (Fsp3) is 0.857. The zero-order valence-corrected chi connectivity index (χ0v) is 11.6. The summed E-state index contributed by atoms with van der Waals surface area (Å²) < 4.78 is 0. The van der Waals surface area contributed by atoms with E-state index in [1.54, 1.807) is 0 Å². The van der Waals surface area contributed by atoms with E-state index in [0.29, 0.717) is 25.9 Å². The molecule has 0 bridgehead atoms. The Morgan fingerprint density at radius 2 is 1.68 bits per heavy atom. The minimum absolute atomic E-state index is 0.0778. The highest BCUT2D eigenvalue weighted by Crippen LogP contribution is 2.30. The van der Waals surface area contributed by atoms with Crippen LogP contribution < -0.4 is 11.1 Å². The first-order valence-electron chi connectivity index (χ1n) is 7.37. The molecule has 0 saturated heterocycles. The summed E-state index contributed by atoms with van der Waals surface area (Å²) in [5.41, 5.74) is 5.41. The van der Waals surface area contributed by atoms with E-state index in [1.807, 2.05) is 0 Å². The van der Waals surface area contributed by atoms with E-state index >= 15 is 0 Å². The Labute approximate surface area is 114 Å². The third-order valence-corrected chi connectivity index (χ3v) is 3.85. The van der Waals surface area contributed by atoms with E-state index in [0.717, 1.165) is 38.5 Å². The molecule has 4 N–H and O–H groups in total. The number of carbonyl (C=O) groups excluding carboxylic acids is 1. The number of nitrogens with two attached hydrogens (primary N) is 1. The number of nitrogens with one attached hydrogen (secondary N) is 1. The van der Waals surface area contributed by atoms with Crippen molar-refractivity contribution in [1.29, 1.82) is 0 Å². The molecule has 5 heteroatoms. The molecule has 5 nitrogen and oxygen atoms in total. The largest absolute Gasteiger partial charge is 0.481 e. The Morgan fingerprint density at radius 1 is 1.05 bits per heavy atom. The van der Waals surface area contributed by atoms with Gasteiger partial charge in [-0.2, -0.15) is 0 Å². The van der Waals surface area contributed by atoms with E-state index in [2.05, 4.69) is 5.32 Å². The van der Waals surface area contributed by atoms with Gasteiger partial charge in [-0.15, -0.1) is 0 Å². The molecule has 110 valence electrons. The predicted octanol–water partition coefficient (Wildman–Crippen LogP) is 1.51. The van der Waals surface area contributed by atoms with Crippen LogP contribution in [-0.4, -0.2) is 30.1 Å². The van der Waals surface area contributed by atoms with Crippen LogP contribution in [0.5, 0.6) is 0 Å². The molecule has 1 aliphatic carbocycles. The molecule has 1 saturated carbocycles. The highest BCUT2D eigenvalue weighted by molar-refractivity contribution is 5.84. The van der Waals surface area contributed by atoms with Gasteiger partial charge in [-0.3, -0.25) is 9.59 Å². The Hall–Kier alpha value is -1.10. The molecule has 0 aromatic rings. The lowest BCUT2D eigenvalue weighted by molar-refractivity contribution is -0.148. The van der Waals surface area contributed by atoms with Gasteiger partial charge in [0.1, 0.15) is 0 Å². The number of hydrogen-bond acceptors (Lipinski definition) is 3. The minimum Gasteiger partial charge on any atom is -0.481 e. The van der Waals surface area contributed by atoms with Crippen LogP contribution in [0.1, 0.15) is 51.4 Å². The molecular formula is C14H26N2O3. The number of amides is 1. The van der Waals surface area contributed by atoms with Gasteiger partial charge in [0.15, 0.2) is 0 Å². The second-order valence-corrected chi connectivity index (χ2v) is 5.33. The van der Waals surface area contributed by atoms with E-state index in [1.165, 1.54) is 0 Å². The van der Waals surface area contributed by atoms with Crippen LogP contribution in [0, 0.1) is 11.8 Å². The lowest BCUT2D eigenvalue weighted by atomic mass is 9.78. The molecule has 0 aromatic carbocycles. The SMILES string of the molecule is NCCCCCCNC(=O)C1CCCCC1C(=O)O. The van der Waals surface area contributed by atoms with Crippen molar-refractivity contribution in [1.82, 2.24) is 5.32 Å². The van der Waals surface area contributed by atoms with E-state index < -0.39 is 11.9 Å². The van der Waals surface area contributed by atoms with Crippen LogP contribution in [0.25, 0.3) is 0 Å². The van der Waals surface area contributed by atoms with Gasteiger partial charge in [-0.25, -0.2) is 0 Å². The monoisotopic (exact) mass is 270 g/mol. The Bertz CT molecular complexity index is 294. The van der Waals surface area contributed by atoms with Gasteiger partial charge in [0.25, 0.3) is 0 Å². The molecule has 2 atom stereocenters. The third kappa shape index (κ3) is 5.59. The molecule has 0 heterocycles. The van der Waals surface area contributed by atoms with Crippen LogP contribution in [0.3, 0.4) is 0 Å². The highest BCUT2D eigenvalue weighted by atomic mass is 16.4. The number of unbranched alkanes of at least 4 members (excludes halogenated alkanes) is 3. The summed E-state index contributed by atoms with van der Waals surface area (Å²) in [6.45, 7) is 1.36. The fourth-order valence-electron chi connectivity index (χ4n) is 2.71. The van der Waals surface area contributed by atoms with Crippen molar-refractivity contribution in [3.63, 3.8) is 0 Å². The Balaban J connectivity index is 2.25. The maximum absolute atomic E-state index is 12.0. The first-order valence-corrected chi connectivity index (χ1v) is 7.37. The van der Waals surface area contributed by atoms with Gasteiger partial charge in [0.05, 0.1) is 11.8 Å². The topological polar surface area (TPSA) is 92.4 Å². The van der Waals surface area contributed by atoms with Crippen LogP contribution >= 0.6 is 0 Å². The van der Waals surface area contributed by atoms with Crippen molar-refractivity contribution in [2.24, 2.45) is 17.6 Å². The lowest BCUT2D eigenvalue weighted by Crippen LogP contribution is -2.40. The quantitative estimate of drug-likeness (QED) is 0.583. The highest BCUT2D eigenvalue weighted by Gasteiger charge is 2.35. The smallest absolute Gasteiger partial charge is 0.307 e.